The summed E-state index contributed by atoms with van der Waals surface area (Å²) in [6.07, 6.45) is 8.23. The Kier molecular flexibility index (Phi) is 7.22. The van der Waals surface area contributed by atoms with Gasteiger partial charge in [0.2, 0.25) is 0 Å². The minimum absolute atomic E-state index is 0.313. The fraction of sp³-hybridized carbons (Fsp3) is 0.400. The predicted molar refractivity (Wildman–Crippen MR) is 120 cm³/mol. The van der Waals surface area contributed by atoms with Gasteiger partial charge in [0.05, 0.1) is 12.9 Å². The number of likely N-dealkylation sites (tertiary alicyclic amines) is 1. The normalized spacial score (nSPS) is 19.3. The van der Waals surface area contributed by atoms with E-state index in [9.17, 15) is 5.11 Å². The first-order chi connectivity index (χ1) is 15.2. The van der Waals surface area contributed by atoms with Crippen LogP contribution in [0.25, 0.3) is 0 Å². The van der Waals surface area contributed by atoms with Crippen LogP contribution in [0.2, 0.25) is 0 Å². The van der Waals surface area contributed by atoms with Crippen LogP contribution < -0.4 is 9.47 Å². The maximum atomic E-state index is 11.1. The highest BCUT2D eigenvalue weighted by Crippen LogP contribution is 2.25. The maximum Gasteiger partial charge on any atom is 0.119 e. The van der Waals surface area contributed by atoms with Crippen molar-refractivity contribution in [3.8, 4) is 11.5 Å². The fourth-order valence-corrected chi connectivity index (χ4v) is 4.04. The maximum absolute atomic E-state index is 11.1. The van der Waals surface area contributed by atoms with E-state index < -0.39 is 5.60 Å². The molecular formula is C25H31N3O3. The molecule has 0 radical (unpaired) electrons. The quantitative estimate of drug-likeness (QED) is 0.505. The Morgan fingerprint density at radius 2 is 1.90 bits per heavy atom. The Balaban J connectivity index is 1.25. The zero-order valence-corrected chi connectivity index (χ0v) is 17.9. The number of hydrogen-bond donors (Lipinski definition) is 1. The average molecular weight is 422 g/mol. The first kappa shape index (κ1) is 21.4. The molecule has 0 aliphatic carbocycles. The number of benzene rings is 2. The predicted octanol–water partition coefficient (Wildman–Crippen LogP) is 3.76. The molecule has 4 rings (SSSR count). The van der Waals surface area contributed by atoms with Crippen molar-refractivity contribution < 1.29 is 14.6 Å². The summed E-state index contributed by atoms with van der Waals surface area (Å²) in [5, 5.41) is 11.1. The number of piperidine rings is 1. The van der Waals surface area contributed by atoms with Crippen molar-refractivity contribution in [2.45, 2.75) is 38.0 Å². The van der Waals surface area contributed by atoms with Crippen LogP contribution in [-0.2, 0) is 13.1 Å². The van der Waals surface area contributed by atoms with E-state index in [1.807, 2.05) is 55.0 Å². The summed E-state index contributed by atoms with van der Waals surface area (Å²) in [5.74, 6) is 1.69. The molecular weight excluding hydrogens is 390 g/mol. The van der Waals surface area contributed by atoms with Crippen LogP contribution in [0.4, 0.5) is 0 Å². The van der Waals surface area contributed by atoms with Crippen LogP contribution in [-0.4, -0.2) is 51.5 Å². The van der Waals surface area contributed by atoms with E-state index in [-0.39, 0.29) is 0 Å². The molecule has 0 spiro atoms. The average Bonchev–Trinajstić information content (AvgIpc) is 3.30. The largest absolute Gasteiger partial charge is 0.494 e. The van der Waals surface area contributed by atoms with Gasteiger partial charge in [0.15, 0.2) is 0 Å². The second kappa shape index (κ2) is 10.5. The number of rotatable bonds is 10. The lowest BCUT2D eigenvalue weighted by atomic mass is 9.93. The Labute approximate surface area is 184 Å². The molecule has 3 aromatic rings. The molecule has 1 N–H and O–H groups in total. The number of aliphatic hydroxyl groups is 1. The summed E-state index contributed by atoms with van der Waals surface area (Å²) in [4.78, 5) is 6.36. The zero-order valence-electron chi connectivity index (χ0n) is 17.9. The molecule has 6 heteroatoms. The molecule has 2 aromatic carbocycles. The topological polar surface area (TPSA) is 59.8 Å². The molecule has 1 saturated heterocycles. The number of nitrogens with zero attached hydrogens (tertiary/aromatic N) is 3. The van der Waals surface area contributed by atoms with Crippen LogP contribution in [0.15, 0.2) is 73.3 Å². The number of β-amino-alcohol motifs (C(OH)–C–C–N with tert-alkyl or cyclic N) is 1. The van der Waals surface area contributed by atoms with E-state index in [0.717, 1.165) is 50.4 Å². The standard InChI is InChI=1S/C25H31N3O3/c29-25(20-31-23-8-2-1-3-9-23)11-5-13-28(19-25)18-22-7-4-10-24(17-22)30-16-6-14-27-15-12-26-21-27/h1-4,7-10,12,15,17,21,29H,5-6,11,13-14,16,18-20H2. The van der Waals surface area contributed by atoms with Crippen molar-refractivity contribution >= 4 is 0 Å². The fourth-order valence-electron chi connectivity index (χ4n) is 4.04. The van der Waals surface area contributed by atoms with E-state index in [1.165, 1.54) is 5.56 Å². The smallest absolute Gasteiger partial charge is 0.119 e. The van der Waals surface area contributed by atoms with E-state index in [2.05, 4.69) is 26.6 Å². The van der Waals surface area contributed by atoms with Crippen molar-refractivity contribution in [3.63, 3.8) is 0 Å². The lowest BCUT2D eigenvalue weighted by Gasteiger charge is -2.39. The third kappa shape index (κ3) is 6.57. The van der Waals surface area contributed by atoms with Gasteiger partial charge in [-0.2, -0.15) is 0 Å². The lowest BCUT2D eigenvalue weighted by molar-refractivity contribution is -0.0621. The van der Waals surface area contributed by atoms with Crippen LogP contribution in [0, 0.1) is 0 Å². The summed E-state index contributed by atoms with van der Waals surface area (Å²) >= 11 is 0. The number of hydrogen-bond acceptors (Lipinski definition) is 5. The number of ether oxygens (including phenoxy) is 2. The summed E-state index contributed by atoms with van der Waals surface area (Å²) in [6.45, 7) is 4.26. The highest BCUT2D eigenvalue weighted by molar-refractivity contribution is 5.28. The first-order valence-electron chi connectivity index (χ1n) is 11.0. The molecule has 2 heterocycles. The summed E-state index contributed by atoms with van der Waals surface area (Å²) in [6, 6.07) is 17.9. The van der Waals surface area contributed by atoms with Gasteiger partial charge in [-0.3, -0.25) is 4.90 Å². The molecule has 31 heavy (non-hydrogen) atoms. The van der Waals surface area contributed by atoms with E-state index >= 15 is 0 Å². The molecule has 1 unspecified atom stereocenters. The second-order valence-corrected chi connectivity index (χ2v) is 8.29. The summed E-state index contributed by atoms with van der Waals surface area (Å²) < 4.78 is 13.8. The molecule has 1 aliphatic heterocycles. The Hall–Kier alpha value is -2.83. The van der Waals surface area contributed by atoms with Gasteiger partial charge in [-0.25, -0.2) is 4.98 Å². The van der Waals surface area contributed by atoms with Crippen molar-refractivity contribution in [2.75, 3.05) is 26.3 Å². The van der Waals surface area contributed by atoms with Gasteiger partial charge in [0.1, 0.15) is 23.7 Å². The second-order valence-electron chi connectivity index (χ2n) is 8.29. The number of aryl methyl sites for hydroxylation is 1. The van der Waals surface area contributed by atoms with Crippen LogP contribution in [0.1, 0.15) is 24.8 Å². The Morgan fingerprint density at radius 3 is 2.74 bits per heavy atom. The Morgan fingerprint density at radius 1 is 1.03 bits per heavy atom. The van der Waals surface area contributed by atoms with E-state index in [0.29, 0.717) is 19.8 Å². The van der Waals surface area contributed by atoms with Gasteiger partial charge in [0, 0.05) is 32.0 Å². The summed E-state index contributed by atoms with van der Waals surface area (Å²) in [7, 11) is 0. The minimum atomic E-state index is -0.824. The third-order valence-corrected chi connectivity index (χ3v) is 5.58. The zero-order chi connectivity index (χ0) is 21.4. The molecule has 0 bridgehead atoms. The number of aromatic nitrogens is 2. The third-order valence-electron chi connectivity index (χ3n) is 5.58. The number of imidazole rings is 1. The molecule has 1 fully saturated rings. The molecule has 0 amide bonds. The lowest BCUT2D eigenvalue weighted by Crippen LogP contribution is -2.51. The first-order valence-corrected chi connectivity index (χ1v) is 11.0. The van der Waals surface area contributed by atoms with Crippen LogP contribution in [0.5, 0.6) is 11.5 Å². The molecule has 0 saturated carbocycles. The monoisotopic (exact) mass is 421 g/mol. The van der Waals surface area contributed by atoms with Crippen molar-refractivity contribution in [3.05, 3.63) is 78.9 Å². The molecule has 6 nitrogen and oxygen atoms in total. The summed E-state index contributed by atoms with van der Waals surface area (Å²) in [5.41, 5.74) is 0.371. The van der Waals surface area contributed by atoms with Crippen molar-refractivity contribution in [1.29, 1.82) is 0 Å². The molecule has 1 atom stereocenters. The van der Waals surface area contributed by atoms with E-state index in [1.54, 1.807) is 6.20 Å². The van der Waals surface area contributed by atoms with E-state index in [4.69, 9.17) is 9.47 Å². The molecule has 1 aromatic heterocycles. The molecule has 1 aliphatic rings. The van der Waals surface area contributed by atoms with Gasteiger partial charge in [0.25, 0.3) is 0 Å². The van der Waals surface area contributed by atoms with Crippen molar-refractivity contribution in [2.24, 2.45) is 0 Å². The Bertz CT molecular complexity index is 917. The van der Waals surface area contributed by atoms with Crippen molar-refractivity contribution in [1.82, 2.24) is 14.5 Å². The van der Waals surface area contributed by atoms with Gasteiger partial charge in [-0.15, -0.1) is 0 Å². The van der Waals surface area contributed by atoms with Gasteiger partial charge in [-0.05, 0) is 55.6 Å². The van der Waals surface area contributed by atoms with Gasteiger partial charge in [-0.1, -0.05) is 30.3 Å². The highest BCUT2D eigenvalue weighted by Gasteiger charge is 2.34. The number of para-hydroxylation sites is 1. The SMILES string of the molecule is OC1(COc2ccccc2)CCCN(Cc2cccc(OCCCn3ccnc3)c2)C1. The van der Waals surface area contributed by atoms with Crippen LogP contribution in [0.3, 0.4) is 0 Å². The molecule has 164 valence electrons. The van der Waals surface area contributed by atoms with Gasteiger partial charge < -0.3 is 19.1 Å². The minimum Gasteiger partial charge on any atom is -0.494 e. The highest BCUT2D eigenvalue weighted by atomic mass is 16.5. The van der Waals surface area contributed by atoms with Crippen LogP contribution >= 0.6 is 0 Å². The van der Waals surface area contributed by atoms with Gasteiger partial charge >= 0.3 is 0 Å².